The molecule has 0 spiro atoms. The lowest BCUT2D eigenvalue weighted by Crippen LogP contribution is -2.38. The van der Waals surface area contributed by atoms with Crippen LogP contribution in [0.5, 0.6) is 0 Å². The highest BCUT2D eigenvalue weighted by molar-refractivity contribution is 5.76. The predicted octanol–water partition coefficient (Wildman–Crippen LogP) is 0.486. The maximum atomic E-state index is 11.6. The molecule has 1 aromatic heterocycles. The Balaban J connectivity index is 2.30. The summed E-state index contributed by atoms with van der Waals surface area (Å²) in [6.45, 7) is 3.90. The number of nitrogens with zero attached hydrogens (tertiary/aromatic N) is 2. The van der Waals surface area contributed by atoms with Crippen LogP contribution in [0.3, 0.4) is 0 Å². The number of nitrogens with one attached hydrogen (secondary N) is 1. The Morgan fingerprint density at radius 3 is 2.82 bits per heavy atom. The van der Waals surface area contributed by atoms with Crippen molar-refractivity contribution in [3.05, 3.63) is 18.0 Å². The zero-order chi connectivity index (χ0) is 12.8. The van der Waals surface area contributed by atoms with E-state index >= 15 is 0 Å². The summed E-state index contributed by atoms with van der Waals surface area (Å²) in [4.78, 5) is 11.6. The van der Waals surface area contributed by atoms with Gasteiger partial charge in [-0.3, -0.25) is 9.48 Å². The Labute approximate surface area is 102 Å². The number of rotatable bonds is 6. The quantitative estimate of drug-likeness (QED) is 0.759. The molecule has 0 aliphatic rings. The first kappa shape index (κ1) is 13.7. The molecule has 96 valence electrons. The van der Waals surface area contributed by atoms with E-state index in [0.717, 1.165) is 5.56 Å². The van der Waals surface area contributed by atoms with E-state index in [1.165, 1.54) is 0 Å². The fraction of sp³-hybridized carbons (Fsp3) is 0.667. The summed E-state index contributed by atoms with van der Waals surface area (Å²) < 4.78 is 1.73. The normalized spacial score (nSPS) is 14.4. The Hall–Kier alpha value is -1.36. The number of aliphatic hydroxyl groups excluding tert-OH is 1. The highest BCUT2D eigenvalue weighted by atomic mass is 16.3. The molecular formula is C12H21N3O2. The van der Waals surface area contributed by atoms with Crippen LogP contribution in [0.4, 0.5) is 0 Å². The molecule has 1 heterocycles. The molecule has 0 saturated carbocycles. The molecule has 5 heteroatoms. The van der Waals surface area contributed by atoms with Crippen molar-refractivity contribution in [1.29, 1.82) is 0 Å². The summed E-state index contributed by atoms with van der Waals surface area (Å²) in [6.07, 6.45) is 4.83. The van der Waals surface area contributed by atoms with Crippen molar-refractivity contribution in [3.8, 4) is 0 Å². The zero-order valence-electron chi connectivity index (χ0n) is 10.7. The third-order valence-corrected chi connectivity index (χ3v) is 2.93. The van der Waals surface area contributed by atoms with E-state index in [0.29, 0.717) is 12.8 Å². The Bertz CT molecular complexity index is 362. The molecule has 0 aliphatic heterocycles. The van der Waals surface area contributed by atoms with E-state index in [2.05, 4.69) is 10.4 Å². The highest BCUT2D eigenvalue weighted by Gasteiger charge is 2.13. The van der Waals surface area contributed by atoms with E-state index in [-0.39, 0.29) is 24.5 Å². The van der Waals surface area contributed by atoms with Gasteiger partial charge >= 0.3 is 0 Å². The van der Waals surface area contributed by atoms with Crippen molar-refractivity contribution < 1.29 is 9.90 Å². The number of carbonyl (C=O) groups is 1. The standard InChI is InChI=1S/C12H21N3O2/c1-9(8-16)10(2)14-12(17)5-4-11-6-13-15(3)7-11/h6-7,9-10,16H,4-5,8H2,1-3H3,(H,14,17). The first-order chi connectivity index (χ1) is 8.02. The van der Waals surface area contributed by atoms with Crippen molar-refractivity contribution >= 4 is 5.91 Å². The fourth-order valence-corrected chi connectivity index (χ4v) is 1.49. The fourth-order valence-electron chi connectivity index (χ4n) is 1.49. The molecule has 2 atom stereocenters. The Kier molecular flexibility index (Phi) is 5.15. The van der Waals surface area contributed by atoms with Gasteiger partial charge < -0.3 is 10.4 Å². The molecular weight excluding hydrogens is 218 g/mol. The molecule has 1 rings (SSSR count). The Morgan fingerprint density at radius 2 is 2.29 bits per heavy atom. The van der Waals surface area contributed by atoms with Crippen molar-refractivity contribution in [2.45, 2.75) is 32.7 Å². The molecule has 5 nitrogen and oxygen atoms in total. The third-order valence-electron chi connectivity index (χ3n) is 2.93. The van der Waals surface area contributed by atoms with Crippen LogP contribution in [0.15, 0.2) is 12.4 Å². The largest absolute Gasteiger partial charge is 0.396 e. The monoisotopic (exact) mass is 239 g/mol. The van der Waals surface area contributed by atoms with Crippen LogP contribution >= 0.6 is 0 Å². The average molecular weight is 239 g/mol. The number of carbonyl (C=O) groups excluding carboxylic acids is 1. The van der Waals surface area contributed by atoms with Crippen LogP contribution < -0.4 is 5.32 Å². The van der Waals surface area contributed by atoms with Gasteiger partial charge in [-0.25, -0.2) is 0 Å². The SMILES string of the molecule is CC(CO)C(C)NC(=O)CCc1cnn(C)c1. The minimum absolute atomic E-state index is 0.00129. The summed E-state index contributed by atoms with van der Waals surface area (Å²) in [5.74, 6) is 0.0963. The lowest BCUT2D eigenvalue weighted by molar-refractivity contribution is -0.122. The van der Waals surface area contributed by atoms with Gasteiger partial charge in [0.05, 0.1) is 6.20 Å². The van der Waals surface area contributed by atoms with Crippen LogP contribution in [-0.4, -0.2) is 33.4 Å². The molecule has 2 unspecified atom stereocenters. The first-order valence-corrected chi connectivity index (χ1v) is 5.90. The second-order valence-corrected chi connectivity index (χ2v) is 4.54. The van der Waals surface area contributed by atoms with Gasteiger partial charge in [-0.15, -0.1) is 0 Å². The molecule has 0 aliphatic carbocycles. The van der Waals surface area contributed by atoms with Gasteiger partial charge in [-0.2, -0.15) is 5.10 Å². The molecule has 0 bridgehead atoms. The summed E-state index contributed by atoms with van der Waals surface area (Å²) in [6, 6.07) is 0.00129. The van der Waals surface area contributed by atoms with E-state index in [4.69, 9.17) is 5.11 Å². The van der Waals surface area contributed by atoms with Crippen molar-refractivity contribution in [3.63, 3.8) is 0 Å². The number of aliphatic hydroxyl groups is 1. The average Bonchev–Trinajstić information content (AvgIpc) is 2.71. The van der Waals surface area contributed by atoms with Gasteiger partial charge in [-0.05, 0) is 24.8 Å². The highest BCUT2D eigenvalue weighted by Crippen LogP contribution is 2.03. The van der Waals surface area contributed by atoms with Gasteiger partial charge in [0.2, 0.25) is 5.91 Å². The van der Waals surface area contributed by atoms with E-state index < -0.39 is 0 Å². The molecule has 1 aromatic rings. The summed E-state index contributed by atoms with van der Waals surface area (Å²) in [5, 5.41) is 15.9. The molecule has 0 radical (unpaired) electrons. The van der Waals surface area contributed by atoms with E-state index in [1.54, 1.807) is 10.9 Å². The molecule has 2 N–H and O–H groups in total. The van der Waals surface area contributed by atoms with Crippen molar-refractivity contribution in [1.82, 2.24) is 15.1 Å². The lowest BCUT2D eigenvalue weighted by Gasteiger charge is -2.19. The maximum Gasteiger partial charge on any atom is 0.220 e. The van der Waals surface area contributed by atoms with Crippen molar-refractivity contribution in [2.75, 3.05) is 6.61 Å². The van der Waals surface area contributed by atoms with Gasteiger partial charge in [0.25, 0.3) is 0 Å². The topological polar surface area (TPSA) is 67.2 Å². The number of aryl methyl sites for hydroxylation is 2. The Morgan fingerprint density at radius 1 is 1.59 bits per heavy atom. The molecule has 0 fully saturated rings. The second-order valence-electron chi connectivity index (χ2n) is 4.54. The zero-order valence-corrected chi connectivity index (χ0v) is 10.7. The van der Waals surface area contributed by atoms with Crippen LogP contribution in [0, 0.1) is 5.92 Å². The second kappa shape index (κ2) is 6.39. The van der Waals surface area contributed by atoms with E-state index in [9.17, 15) is 4.79 Å². The van der Waals surface area contributed by atoms with E-state index in [1.807, 2.05) is 27.1 Å². The smallest absolute Gasteiger partial charge is 0.220 e. The summed E-state index contributed by atoms with van der Waals surface area (Å²) in [5.41, 5.74) is 1.06. The number of hydrogen-bond donors (Lipinski definition) is 2. The molecule has 17 heavy (non-hydrogen) atoms. The van der Waals surface area contributed by atoms with Gasteiger partial charge in [0.15, 0.2) is 0 Å². The number of aromatic nitrogens is 2. The predicted molar refractivity (Wildman–Crippen MR) is 65.4 cm³/mol. The van der Waals surface area contributed by atoms with Gasteiger partial charge in [0, 0.05) is 32.3 Å². The summed E-state index contributed by atoms with van der Waals surface area (Å²) in [7, 11) is 1.86. The maximum absolute atomic E-state index is 11.6. The minimum atomic E-state index is 0.00129. The first-order valence-electron chi connectivity index (χ1n) is 5.90. The molecule has 0 saturated heterocycles. The molecule has 0 aromatic carbocycles. The van der Waals surface area contributed by atoms with Crippen LogP contribution in [0.1, 0.15) is 25.8 Å². The lowest BCUT2D eigenvalue weighted by atomic mass is 10.0. The number of amides is 1. The van der Waals surface area contributed by atoms with Gasteiger partial charge in [-0.1, -0.05) is 6.92 Å². The minimum Gasteiger partial charge on any atom is -0.396 e. The van der Waals surface area contributed by atoms with Crippen LogP contribution in [-0.2, 0) is 18.3 Å². The summed E-state index contributed by atoms with van der Waals surface area (Å²) >= 11 is 0. The van der Waals surface area contributed by atoms with Crippen molar-refractivity contribution in [2.24, 2.45) is 13.0 Å². The third kappa shape index (κ3) is 4.56. The van der Waals surface area contributed by atoms with Crippen LogP contribution in [0.2, 0.25) is 0 Å². The van der Waals surface area contributed by atoms with Crippen LogP contribution in [0.25, 0.3) is 0 Å². The molecule has 1 amide bonds. The van der Waals surface area contributed by atoms with Gasteiger partial charge in [0.1, 0.15) is 0 Å². The number of hydrogen-bond acceptors (Lipinski definition) is 3.